The molecule has 1 aliphatic carbocycles. The van der Waals surface area contributed by atoms with Crippen molar-refractivity contribution in [1.82, 2.24) is 15.3 Å². The Morgan fingerprint density at radius 2 is 2.00 bits per heavy atom. The van der Waals surface area contributed by atoms with E-state index >= 15 is 0 Å². The minimum atomic E-state index is -0.300. The van der Waals surface area contributed by atoms with E-state index in [1.165, 1.54) is 38.2 Å². The molecule has 1 saturated heterocycles. The van der Waals surface area contributed by atoms with Crippen molar-refractivity contribution < 1.29 is 9.53 Å². The van der Waals surface area contributed by atoms with Crippen molar-refractivity contribution in [2.24, 2.45) is 5.92 Å². The topological polar surface area (TPSA) is 87.3 Å². The molecule has 1 saturated carbocycles. The van der Waals surface area contributed by atoms with Crippen LogP contribution < -0.4 is 15.8 Å². The zero-order valence-corrected chi connectivity index (χ0v) is 14.9. The maximum Gasteiger partial charge on any atom is 0.407 e. The molecule has 2 fully saturated rings. The predicted octanol–water partition coefficient (Wildman–Crippen LogP) is 2.35. The van der Waals surface area contributed by atoms with E-state index in [-0.39, 0.29) is 17.7 Å². The predicted molar refractivity (Wildman–Crippen MR) is 95.9 cm³/mol. The van der Waals surface area contributed by atoms with Crippen LogP contribution in [-0.2, 0) is 4.74 Å². The van der Waals surface area contributed by atoms with Crippen LogP contribution >= 0.6 is 0 Å². The molecule has 0 unspecified atom stereocenters. The number of ether oxygens (including phenoxy) is 1. The van der Waals surface area contributed by atoms with Gasteiger partial charge in [0.15, 0.2) is 0 Å². The van der Waals surface area contributed by atoms with E-state index in [9.17, 15) is 9.59 Å². The van der Waals surface area contributed by atoms with Gasteiger partial charge < -0.3 is 15.0 Å². The Bertz CT molecular complexity index is 631. The zero-order valence-electron chi connectivity index (χ0n) is 14.9. The second-order valence-corrected chi connectivity index (χ2v) is 7.22. The first-order valence-corrected chi connectivity index (χ1v) is 9.36. The van der Waals surface area contributed by atoms with Crippen LogP contribution in [0.3, 0.4) is 0 Å². The number of H-pyrrole nitrogens is 1. The summed E-state index contributed by atoms with van der Waals surface area (Å²) in [6, 6.07) is 1.60. The van der Waals surface area contributed by atoms with Crippen LogP contribution in [0.4, 0.5) is 10.7 Å². The standard InChI is InChI=1S/C18H28N4O3/c1-13-11-16(23)21-17(19-13)22-9-7-15(8-10-22)20-18(24)25-12-14-5-3-2-4-6-14/h11,14-15H,2-10,12H2,1H3,(H,20,24)(H,19,21,23). The van der Waals surface area contributed by atoms with Crippen molar-refractivity contribution in [3.05, 3.63) is 22.1 Å². The summed E-state index contributed by atoms with van der Waals surface area (Å²) in [7, 11) is 0. The van der Waals surface area contributed by atoms with E-state index in [1.807, 2.05) is 6.92 Å². The highest BCUT2D eigenvalue weighted by Crippen LogP contribution is 2.23. The number of alkyl carbamates (subject to hydrolysis) is 1. The van der Waals surface area contributed by atoms with Gasteiger partial charge in [0.2, 0.25) is 5.95 Å². The summed E-state index contributed by atoms with van der Waals surface area (Å²) in [4.78, 5) is 32.8. The largest absolute Gasteiger partial charge is 0.449 e. The number of carbonyl (C=O) groups excluding carboxylic acids is 1. The summed E-state index contributed by atoms with van der Waals surface area (Å²) < 4.78 is 5.40. The summed E-state index contributed by atoms with van der Waals surface area (Å²) in [5.74, 6) is 1.15. The van der Waals surface area contributed by atoms with Crippen molar-refractivity contribution in [3.8, 4) is 0 Å². The number of amides is 1. The normalized spacial score (nSPS) is 19.6. The Morgan fingerprint density at radius 3 is 2.68 bits per heavy atom. The van der Waals surface area contributed by atoms with Gasteiger partial charge in [0.05, 0.1) is 6.61 Å². The summed E-state index contributed by atoms with van der Waals surface area (Å²) in [6.45, 7) is 3.86. The Labute approximate surface area is 148 Å². The number of nitrogens with zero attached hydrogens (tertiary/aromatic N) is 2. The van der Waals surface area contributed by atoms with Gasteiger partial charge >= 0.3 is 6.09 Å². The molecule has 3 rings (SSSR count). The van der Waals surface area contributed by atoms with Gasteiger partial charge in [-0.05, 0) is 38.5 Å². The molecule has 0 atom stereocenters. The lowest BCUT2D eigenvalue weighted by molar-refractivity contribution is 0.111. The van der Waals surface area contributed by atoms with Gasteiger partial charge in [-0.15, -0.1) is 0 Å². The van der Waals surface area contributed by atoms with Crippen molar-refractivity contribution in [2.75, 3.05) is 24.6 Å². The molecular formula is C18H28N4O3. The third-order valence-corrected chi connectivity index (χ3v) is 5.15. The number of nitrogens with one attached hydrogen (secondary N) is 2. The first kappa shape index (κ1) is 17.8. The molecule has 1 amide bonds. The van der Waals surface area contributed by atoms with Gasteiger partial charge in [-0.25, -0.2) is 9.78 Å². The zero-order chi connectivity index (χ0) is 17.6. The third-order valence-electron chi connectivity index (χ3n) is 5.15. The fourth-order valence-corrected chi connectivity index (χ4v) is 3.70. The minimum absolute atomic E-state index is 0.117. The Kier molecular flexibility index (Phi) is 5.94. The molecule has 2 N–H and O–H groups in total. The van der Waals surface area contributed by atoms with Crippen LogP contribution in [0.1, 0.15) is 50.6 Å². The quantitative estimate of drug-likeness (QED) is 0.872. The van der Waals surface area contributed by atoms with Crippen LogP contribution in [0.15, 0.2) is 10.9 Å². The number of anilines is 1. The number of piperidine rings is 1. The van der Waals surface area contributed by atoms with Crippen LogP contribution in [-0.4, -0.2) is 41.8 Å². The number of aromatic amines is 1. The van der Waals surface area contributed by atoms with Crippen molar-refractivity contribution in [3.63, 3.8) is 0 Å². The summed E-state index contributed by atoms with van der Waals surface area (Å²) >= 11 is 0. The molecule has 0 bridgehead atoms. The summed E-state index contributed by atoms with van der Waals surface area (Å²) in [6.07, 6.45) is 7.49. The first-order valence-electron chi connectivity index (χ1n) is 9.36. The van der Waals surface area contributed by atoms with Crippen molar-refractivity contribution >= 4 is 12.0 Å². The second-order valence-electron chi connectivity index (χ2n) is 7.22. The van der Waals surface area contributed by atoms with Gasteiger partial charge in [-0.1, -0.05) is 19.3 Å². The molecule has 25 heavy (non-hydrogen) atoms. The lowest BCUT2D eigenvalue weighted by Gasteiger charge is -2.32. The van der Waals surface area contributed by atoms with E-state index in [0.717, 1.165) is 25.9 Å². The summed E-state index contributed by atoms with van der Waals surface area (Å²) in [5.41, 5.74) is 0.583. The highest BCUT2D eigenvalue weighted by Gasteiger charge is 2.23. The number of aryl methyl sites for hydroxylation is 1. The van der Waals surface area contributed by atoms with E-state index in [1.54, 1.807) is 0 Å². The molecule has 2 heterocycles. The Morgan fingerprint density at radius 1 is 1.28 bits per heavy atom. The maximum absolute atomic E-state index is 12.0. The molecule has 1 aromatic rings. The van der Waals surface area contributed by atoms with Gasteiger partial charge in [0, 0.05) is 30.9 Å². The average Bonchev–Trinajstić information content (AvgIpc) is 2.61. The van der Waals surface area contributed by atoms with Crippen molar-refractivity contribution in [1.29, 1.82) is 0 Å². The number of hydrogen-bond acceptors (Lipinski definition) is 5. The minimum Gasteiger partial charge on any atom is -0.449 e. The van der Waals surface area contributed by atoms with Crippen molar-refractivity contribution in [2.45, 2.75) is 57.9 Å². The molecular weight excluding hydrogens is 320 g/mol. The van der Waals surface area contributed by atoms with Crippen LogP contribution in [0, 0.1) is 12.8 Å². The Balaban J connectivity index is 1.41. The van der Waals surface area contributed by atoms with Gasteiger partial charge in [-0.3, -0.25) is 9.78 Å². The average molecular weight is 348 g/mol. The fourth-order valence-electron chi connectivity index (χ4n) is 3.70. The molecule has 0 spiro atoms. The number of rotatable bonds is 4. The smallest absolute Gasteiger partial charge is 0.407 e. The number of carbonyl (C=O) groups is 1. The van der Waals surface area contributed by atoms with E-state index in [2.05, 4.69) is 20.2 Å². The van der Waals surface area contributed by atoms with E-state index < -0.39 is 0 Å². The number of aromatic nitrogens is 2. The summed E-state index contributed by atoms with van der Waals surface area (Å²) in [5, 5.41) is 2.97. The van der Waals surface area contributed by atoms with Gasteiger partial charge in [-0.2, -0.15) is 0 Å². The SMILES string of the molecule is Cc1cc(=O)[nH]c(N2CCC(NC(=O)OCC3CCCCC3)CC2)n1. The van der Waals surface area contributed by atoms with Crippen LogP contribution in [0.25, 0.3) is 0 Å². The third kappa shape index (κ3) is 5.21. The second kappa shape index (κ2) is 8.36. The molecule has 7 nitrogen and oxygen atoms in total. The lowest BCUT2D eigenvalue weighted by Crippen LogP contribution is -2.45. The molecule has 0 radical (unpaired) electrons. The highest BCUT2D eigenvalue weighted by molar-refractivity contribution is 5.67. The van der Waals surface area contributed by atoms with Gasteiger partial charge in [0.25, 0.3) is 5.56 Å². The Hall–Kier alpha value is -2.05. The van der Waals surface area contributed by atoms with Gasteiger partial charge in [0.1, 0.15) is 0 Å². The highest BCUT2D eigenvalue weighted by atomic mass is 16.5. The molecule has 1 aromatic heterocycles. The maximum atomic E-state index is 12.0. The lowest BCUT2D eigenvalue weighted by atomic mass is 9.90. The molecule has 138 valence electrons. The van der Waals surface area contributed by atoms with Crippen LogP contribution in [0.5, 0.6) is 0 Å². The molecule has 1 aliphatic heterocycles. The number of hydrogen-bond donors (Lipinski definition) is 2. The molecule has 2 aliphatic rings. The first-order chi connectivity index (χ1) is 12.1. The van der Waals surface area contributed by atoms with E-state index in [0.29, 0.717) is 24.2 Å². The molecule has 7 heteroatoms. The van der Waals surface area contributed by atoms with Crippen LogP contribution in [0.2, 0.25) is 0 Å². The van der Waals surface area contributed by atoms with E-state index in [4.69, 9.17) is 4.74 Å². The fraction of sp³-hybridized carbons (Fsp3) is 0.722. The molecule has 0 aromatic carbocycles. The monoisotopic (exact) mass is 348 g/mol.